The van der Waals surface area contributed by atoms with Crippen molar-refractivity contribution in [3.05, 3.63) is 59.2 Å². The van der Waals surface area contributed by atoms with Crippen LogP contribution in [0.3, 0.4) is 0 Å². The van der Waals surface area contributed by atoms with Gasteiger partial charge in [-0.15, -0.1) is 11.8 Å². The zero-order valence-electron chi connectivity index (χ0n) is 14.1. The number of hydrogen-bond donors (Lipinski definition) is 1. The van der Waals surface area contributed by atoms with Gasteiger partial charge in [-0.05, 0) is 48.4 Å². The first-order valence-corrected chi connectivity index (χ1v) is 9.10. The molecule has 2 aromatic carbocycles. The van der Waals surface area contributed by atoms with E-state index in [9.17, 15) is 23.2 Å². The predicted octanol–water partition coefficient (Wildman–Crippen LogP) is 3.37. The molecule has 3 rings (SSSR count). The van der Waals surface area contributed by atoms with Crippen LogP contribution in [-0.2, 0) is 20.7 Å². The minimum Gasteiger partial charge on any atom is -0.457 e. The Morgan fingerprint density at radius 3 is 2.74 bits per heavy atom. The van der Waals surface area contributed by atoms with Crippen molar-refractivity contribution in [1.29, 1.82) is 0 Å². The molecule has 0 fully saturated rings. The highest BCUT2D eigenvalue weighted by molar-refractivity contribution is 8.00. The Kier molecular flexibility index (Phi) is 5.85. The lowest BCUT2D eigenvalue weighted by atomic mass is 9.99. The van der Waals surface area contributed by atoms with Crippen LogP contribution in [0.1, 0.15) is 22.3 Å². The molecule has 0 aromatic heterocycles. The van der Waals surface area contributed by atoms with Crippen LogP contribution in [0.15, 0.2) is 41.3 Å². The van der Waals surface area contributed by atoms with E-state index in [1.807, 2.05) is 0 Å². The fraction of sp³-hybridized carbons (Fsp3) is 0.211. The first-order chi connectivity index (χ1) is 12.9. The van der Waals surface area contributed by atoms with Gasteiger partial charge in [0, 0.05) is 22.6 Å². The smallest absolute Gasteiger partial charge is 0.316 e. The van der Waals surface area contributed by atoms with Crippen LogP contribution in [0.4, 0.5) is 14.5 Å². The van der Waals surface area contributed by atoms with Crippen LogP contribution in [0.5, 0.6) is 0 Å². The number of ketones is 1. The van der Waals surface area contributed by atoms with Crippen molar-refractivity contribution in [3.63, 3.8) is 0 Å². The van der Waals surface area contributed by atoms with E-state index in [4.69, 9.17) is 4.74 Å². The van der Waals surface area contributed by atoms with Gasteiger partial charge in [-0.25, -0.2) is 8.78 Å². The second-order valence-electron chi connectivity index (χ2n) is 5.87. The summed E-state index contributed by atoms with van der Waals surface area (Å²) in [6, 6.07) is 7.82. The highest BCUT2D eigenvalue weighted by Gasteiger charge is 2.17. The summed E-state index contributed by atoms with van der Waals surface area (Å²) in [5.41, 5.74) is 1.90. The van der Waals surface area contributed by atoms with Crippen molar-refractivity contribution >= 4 is 35.1 Å². The van der Waals surface area contributed by atoms with E-state index in [0.29, 0.717) is 24.1 Å². The van der Waals surface area contributed by atoms with E-state index >= 15 is 0 Å². The van der Waals surface area contributed by atoms with Gasteiger partial charge in [0.25, 0.3) is 0 Å². The number of anilines is 1. The summed E-state index contributed by atoms with van der Waals surface area (Å²) < 4.78 is 31.5. The molecule has 1 N–H and O–H groups in total. The molecule has 0 saturated carbocycles. The van der Waals surface area contributed by atoms with Crippen LogP contribution in [0.25, 0.3) is 0 Å². The fourth-order valence-corrected chi connectivity index (χ4v) is 3.31. The topological polar surface area (TPSA) is 72.5 Å². The highest BCUT2D eigenvalue weighted by Crippen LogP contribution is 2.24. The van der Waals surface area contributed by atoms with E-state index < -0.39 is 24.2 Å². The number of carbonyl (C=O) groups excluding carboxylic acids is 3. The summed E-state index contributed by atoms with van der Waals surface area (Å²) in [5, 5.41) is 2.72. The van der Waals surface area contributed by atoms with Gasteiger partial charge in [0.15, 0.2) is 12.4 Å². The molecule has 0 bridgehead atoms. The van der Waals surface area contributed by atoms with E-state index in [-0.39, 0.29) is 22.3 Å². The van der Waals surface area contributed by atoms with Crippen LogP contribution in [0.2, 0.25) is 0 Å². The third-order valence-corrected chi connectivity index (χ3v) is 4.93. The summed E-state index contributed by atoms with van der Waals surface area (Å²) in [5.74, 6) is -2.64. The Hall–Kier alpha value is -2.74. The molecule has 0 radical (unpaired) electrons. The Morgan fingerprint density at radius 1 is 1.11 bits per heavy atom. The molecule has 1 aliphatic heterocycles. The average Bonchev–Trinajstić information content (AvgIpc) is 2.66. The molecular formula is C19H15F2NO4S. The minimum atomic E-state index is -0.706. The summed E-state index contributed by atoms with van der Waals surface area (Å²) >= 11 is 0.795. The number of benzene rings is 2. The van der Waals surface area contributed by atoms with Crippen molar-refractivity contribution in [1.82, 2.24) is 0 Å². The van der Waals surface area contributed by atoms with Crippen LogP contribution >= 0.6 is 11.8 Å². The largest absolute Gasteiger partial charge is 0.457 e. The number of hydrogen-bond acceptors (Lipinski definition) is 5. The maximum Gasteiger partial charge on any atom is 0.316 e. The third-order valence-electron chi connectivity index (χ3n) is 3.93. The molecule has 1 aliphatic rings. The predicted molar refractivity (Wildman–Crippen MR) is 95.8 cm³/mol. The van der Waals surface area contributed by atoms with Gasteiger partial charge in [0.2, 0.25) is 5.91 Å². The number of rotatable bonds is 6. The van der Waals surface area contributed by atoms with Gasteiger partial charge < -0.3 is 10.1 Å². The third kappa shape index (κ3) is 4.91. The molecule has 0 unspecified atom stereocenters. The summed E-state index contributed by atoms with van der Waals surface area (Å²) in [4.78, 5) is 35.3. The molecule has 0 spiro atoms. The van der Waals surface area contributed by atoms with Gasteiger partial charge in [-0.1, -0.05) is 0 Å². The number of amides is 1. The van der Waals surface area contributed by atoms with Gasteiger partial charge in [-0.3, -0.25) is 14.4 Å². The molecule has 1 heterocycles. The molecular weight excluding hydrogens is 376 g/mol. The molecule has 0 atom stereocenters. The van der Waals surface area contributed by atoms with E-state index in [1.165, 1.54) is 0 Å². The second kappa shape index (κ2) is 8.30. The number of fused-ring (bicyclic) bond motifs is 1. The number of halogens is 2. The van der Waals surface area contributed by atoms with Crippen molar-refractivity contribution < 1.29 is 27.9 Å². The molecule has 5 nitrogen and oxygen atoms in total. The quantitative estimate of drug-likeness (QED) is 0.464. The zero-order valence-corrected chi connectivity index (χ0v) is 14.9. The lowest BCUT2D eigenvalue weighted by molar-refractivity contribution is -0.139. The van der Waals surface area contributed by atoms with Crippen LogP contribution in [0, 0.1) is 11.6 Å². The number of esters is 1. The lowest BCUT2D eigenvalue weighted by Gasteiger charge is -2.17. The molecule has 140 valence electrons. The molecule has 0 aliphatic carbocycles. The normalized spacial score (nSPS) is 12.9. The number of ether oxygens (including phenoxy) is 1. The second-order valence-corrected chi connectivity index (χ2v) is 6.88. The van der Waals surface area contributed by atoms with E-state index in [2.05, 4.69) is 5.32 Å². The maximum atomic E-state index is 13.5. The van der Waals surface area contributed by atoms with Gasteiger partial charge in [0.05, 0.1) is 5.75 Å². The number of thioether (sulfide) groups is 1. The molecule has 27 heavy (non-hydrogen) atoms. The standard InChI is InChI=1S/C19H15F2NO4S/c20-13-3-4-14(21)17(8-13)27-10-19(25)26-9-16(23)12-1-5-15-11(7-12)2-6-18(24)22-15/h1,3-5,7-8H,2,6,9-10H2,(H,22,24). The van der Waals surface area contributed by atoms with E-state index in [0.717, 1.165) is 35.5 Å². The zero-order chi connectivity index (χ0) is 19.4. The average molecular weight is 391 g/mol. The van der Waals surface area contributed by atoms with Crippen molar-refractivity contribution in [2.75, 3.05) is 17.7 Å². The SMILES string of the molecule is O=C1CCc2cc(C(=O)COC(=O)CSc3cc(F)ccc3F)ccc2N1. The summed E-state index contributed by atoms with van der Waals surface area (Å²) in [6.45, 7) is -0.448. The highest BCUT2D eigenvalue weighted by atomic mass is 32.2. The summed E-state index contributed by atoms with van der Waals surface area (Å²) in [6.07, 6.45) is 0.894. The van der Waals surface area contributed by atoms with Gasteiger partial charge in [-0.2, -0.15) is 0 Å². The Balaban J connectivity index is 1.52. The molecule has 8 heteroatoms. The van der Waals surface area contributed by atoms with Crippen molar-refractivity contribution in [2.24, 2.45) is 0 Å². The van der Waals surface area contributed by atoms with Crippen molar-refractivity contribution in [3.8, 4) is 0 Å². The fourth-order valence-electron chi connectivity index (χ4n) is 2.55. The summed E-state index contributed by atoms with van der Waals surface area (Å²) in [7, 11) is 0. The van der Waals surface area contributed by atoms with Crippen molar-refractivity contribution in [2.45, 2.75) is 17.7 Å². The Bertz CT molecular complexity index is 917. The van der Waals surface area contributed by atoms with Gasteiger partial charge in [0.1, 0.15) is 11.6 Å². The first kappa shape index (κ1) is 19.0. The monoisotopic (exact) mass is 391 g/mol. The lowest BCUT2D eigenvalue weighted by Crippen LogP contribution is -2.20. The molecule has 2 aromatic rings. The Morgan fingerprint density at radius 2 is 1.93 bits per heavy atom. The van der Waals surface area contributed by atoms with Gasteiger partial charge >= 0.3 is 5.97 Å². The molecule has 0 saturated heterocycles. The first-order valence-electron chi connectivity index (χ1n) is 8.12. The Labute approximate surface area is 158 Å². The number of carbonyl (C=O) groups is 3. The van der Waals surface area contributed by atoms with Crippen LogP contribution < -0.4 is 5.32 Å². The van der Waals surface area contributed by atoms with E-state index in [1.54, 1.807) is 18.2 Å². The molecule has 1 amide bonds. The maximum absolute atomic E-state index is 13.5. The number of Topliss-reactive ketones (excluding diaryl/α,β-unsaturated/α-hetero) is 1. The van der Waals surface area contributed by atoms with Crippen LogP contribution in [-0.4, -0.2) is 30.0 Å². The minimum absolute atomic E-state index is 0.00462. The number of aryl methyl sites for hydroxylation is 1. The number of nitrogens with one attached hydrogen (secondary N) is 1.